The van der Waals surface area contributed by atoms with Gasteiger partial charge in [0.25, 0.3) is 11.1 Å². The number of benzene rings is 2. The Morgan fingerprint density at radius 3 is 2.58 bits per heavy atom. The standard InChI is InChI=1S/C22H21NO7S/c1-4-29-18-10-14(5-8-17(18)30-13(3)21(26)27)11-19-20(25)23(22(28)31-19)16-7-6-15(24)9-12(16)2/h5-11,13,24H,4H2,1-3H3,(H,26,27)/b19-11+. The third kappa shape index (κ3) is 4.83. The van der Waals surface area contributed by atoms with Gasteiger partial charge in [-0.3, -0.25) is 9.59 Å². The second kappa shape index (κ2) is 9.13. The zero-order valence-electron chi connectivity index (χ0n) is 17.1. The monoisotopic (exact) mass is 443 g/mol. The number of anilines is 1. The van der Waals surface area contributed by atoms with Crippen LogP contribution in [0.2, 0.25) is 0 Å². The lowest BCUT2D eigenvalue weighted by molar-refractivity contribution is -0.144. The predicted octanol–water partition coefficient (Wildman–Crippen LogP) is 4.19. The number of carbonyl (C=O) groups excluding carboxylic acids is 2. The van der Waals surface area contributed by atoms with E-state index in [1.54, 1.807) is 38.1 Å². The molecule has 2 aromatic carbocycles. The van der Waals surface area contributed by atoms with Gasteiger partial charge in [0.05, 0.1) is 17.2 Å². The number of carbonyl (C=O) groups is 3. The van der Waals surface area contributed by atoms with Crippen molar-refractivity contribution in [3.05, 3.63) is 52.4 Å². The Kier molecular flexibility index (Phi) is 6.55. The third-order valence-corrected chi connectivity index (χ3v) is 5.30. The van der Waals surface area contributed by atoms with Crippen molar-refractivity contribution in [1.82, 2.24) is 0 Å². The van der Waals surface area contributed by atoms with E-state index in [1.165, 1.54) is 25.1 Å². The molecule has 1 saturated heterocycles. The molecule has 8 nitrogen and oxygen atoms in total. The molecule has 1 unspecified atom stereocenters. The molecule has 1 atom stereocenters. The average molecular weight is 443 g/mol. The minimum absolute atomic E-state index is 0.0479. The fraction of sp³-hybridized carbons (Fsp3) is 0.227. The SMILES string of the molecule is CCOc1cc(/C=C2/SC(=O)N(c3ccc(O)cc3C)C2=O)ccc1OC(C)C(=O)O. The Bertz CT molecular complexity index is 1080. The maximum atomic E-state index is 12.9. The predicted molar refractivity (Wildman–Crippen MR) is 117 cm³/mol. The Balaban J connectivity index is 1.90. The smallest absolute Gasteiger partial charge is 0.344 e. The van der Waals surface area contributed by atoms with Gasteiger partial charge in [-0.2, -0.15) is 0 Å². The average Bonchev–Trinajstić information content (AvgIpc) is 2.97. The number of carboxylic acid groups (broad SMARTS) is 1. The number of ether oxygens (including phenoxy) is 2. The molecule has 0 spiro atoms. The number of rotatable bonds is 7. The van der Waals surface area contributed by atoms with Gasteiger partial charge in [-0.25, -0.2) is 9.69 Å². The molecule has 0 saturated carbocycles. The van der Waals surface area contributed by atoms with Crippen LogP contribution in [0.4, 0.5) is 10.5 Å². The van der Waals surface area contributed by atoms with Crippen molar-refractivity contribution in [1.29, 1.82) is 0 Å². The number of phenols is 1. The molecule has 2 N–H and O–H groups in total. The van der Waals surface area contributed by atoms with Crippen molar-refractivity contribution in [3.63, 3.8) is 0 Å². The van der Waals surface area contributed by atoms with E-state index in [4.69, 9.17) is 14.6 Å². The summed E-state index contributed by atoms with van der Waals surface area (Å²) in [6.07, 6.45) is 0.503. The van der Waals surface area contributed by atoms with Crippen molar-refractivity contribution in [2.75, 3.05) is 11.5 Å². The van der Waals surface area contributed by atoms with Gasteiger partial charge in [0.2, 0.25) is 0 Å². The quantitative estimate of drug-likeness (QED) is 0.613. The molecule has 9 heteroatoms. The topological polar surface area (TPSA) is 113 Å². The van der Waals surface area contributed by atoms with E-state index < -0.39 is 23.2 Å². The lowest BCUT2D eigenvalue weighted by atomic mass is 10.1. The first-order chi connectivity index (χ1) is 14.7. The molecule has 0 aliphatic carbocycles. The number of hydrogen-bond donors (Lipinski definition) is 2. The van der Waals surface area contributed by atoms with Crippen molar-refractivity contribution >= 4 is 40.6 Å². The number of amides is 2. The molecule has 1 heterocycles. The minimum atomic E-state index is -1.11. The van der Waals surface area contributed by atoms with Gasteiger partial charge in [-0.05, 0) is 80.1 Å². The number of aromatic hydroxyl groups is 1. The highest BCUT2D eigenvalue weighted by molar-refractivity contribution is 8.19. The van der Waals surface area contributed by atoms with Gasteiger partial charge in [0.15, 0.2) is 17.6 Å². The van der Waals surface area contributed by atoms with Crippen molar-refractivity contribution in [2.45, 2.75) is 26.9 Å². The summed E-state index contributed by atoms with van der Waals surface area (Å²) in [7, 11) is 0. The summed E-state index contributed by atoms with van der Waals surface area (Å²) in [5, 5.41) is 18.2. The van der Waals surface area contributed by atoms with E-state index in [1.807, 2.05) is 0 Å². The van der Waals surface area contributed by atoms with Gasteiger partial charge in [-0.1, -0.05) is 6.07 Å². The summed E-state index contributed by atoms with van der Waals surface area (Å²) >= 11 is 0.809. The van der Waals surface area contributed by atoms with Crippen LogP contribution in [0.15, 0.2) is 41.3 Å². The van der Waals surface area contributed by atoms with Gasteiger partial charge in [0.1, 0.15) is 5.75 Å². The number of carboxylic acids is 1. The second-order valence-electron chi connectivity index (χ2n) is 6.73. The lowest BCUT2D eigenvalue weighted by Gasteiger charge is -2.15. The van der Waals surface area contributed by atoms with Gasteiger partial charge in [-0.15, -0.1) is 0 Å². The van der Waals surface area contributed by atoms with Crippen molar-refractivity contribution in [2.24, 2.45) is 0 Å². The molecule has 2 amide bonds. The van der Waals surface area contributed by atoms with Crippen LogP contribution in [0.1, 0.15) is 25.0 Å². The first kappa shape index (κ1) is 22.2. The summed E-state index contributed by atoms with van der Waals surface area (Å²) in [5.74, 6) is -0.933. The summed E-state index contributed by atoms with van der Waals surface area (Å²) in [4.78, 5) is 37.7. The number of hydrogen-bond acceptors (Lipinski definition) is 7. The molecule has 0 radical (unpaired) electrons. The van der Waals surface area contributed by atoms with Gasteiger partial charge < -0.3 is 19.7 Å². The van der Waals surface area contributed by atoms with E-state index in [0.29, 0.717) is 29.2 Å². The summed E-state index contributed by atoms with van der Waals surface area (Å²) in [6.45, 7) is 5.22. The molecule has 31 heavy (non-hydrogen) atoms. The van der Waals surface area contributed by atoms with E-state index >= 15 is 0 Å². The normalized spacial score (nSPS) is 16.0. The van der Waals surface area contributed by atoms with E-state index in [-0.39, 0.29) is 16.4 Å². The van der Waals surface area contributed by atoms with E-state index in [0.717, 1.165) is 16.7 Å². The number of phenolic OH excluding ortho intramolecular Hbond substituents is 1. The highest BCUT2D eigenvalue weighted by atomic mass is 32.2. The molecule has 162 valence electrons. The molecule has 0 bridgehead atoms. The van der Waals surface area contributed by atoms with Crippen LogP contribution in [-0.2, 0) is 9.59 Å². The van der Waals surface area contributed by atoms with Crippen LogP contribution in [0, 0.1) is 6.92 Å². The van der Waals surface area contributed by atoms with Gasteiger partial charge >= 0.3 is 5.97 Å². The Morgan fingerprint density at radius 2 is 1.94 bits per heavy atom. The number of nitrogens with zero attached hydrogens (tertiary/aromatic N) is 1. The fourth-order valence-electron chi connectivity index (χ4n) is 2.94. The number of aryl methyl sites for hydroxylation is 1. The molecule has 1 aliphatic rings. The minimum Gasteiger partial charge on any atom is -0.508 e. The van der Waals surface area contributed by atoms with Crippen molar-refractivity contribution in [3.8, 4) is 17.2 Å². The zero-order chi connectivity index (χ0) is 22.7. The summed E-state index contributed by atoms with van der Waals surface area (Å²) < 4.78 is 11.0. The first-order valence-electron chi connectivity index (χ1n) is 9.45. The van der Waals surface area contributed by atoms with Gasteiger partial charge in [0, 0.05) is 0 Å². The van der Waals surface area contributed by atoms with Crippen LogP contribution in [0.3, 0.4) is 0 Å². The van der Waals surface area contributed by atoms with Crippen molar-refractivity contribution < 1.29 is 34.1 Å². The van der Waals surface area contributed by atoms with Crippen LogP contribution in [-0.4, -0.2) is 40.0 Å². The molecule has 1 aliphatic heterocycles. The van der Waals surface area contributed by atoms with Crippen LogP contribution < -0.4 is 14.4 Å². The van der Waals surface area contributed by atoms with E-state index in [2.05, 4.69) is 0 Å². The molecular weight excluding hydrogens is 422 g/mol. The molecule has 1 fully saturated rings. The zero-order valence-corrected chi connectivity index (χ0v) is 17.9. The number of aliphatic carboxylic acids is 1. The van der Waals surface area contributed by atoms with Crippen LogP contribution in [0.5, 0.6) is 17.2 Å². The highest BCUT2D eigenvalue weighted by Gasteiger charge is 2.37. The van der Waals surface area contributed by atoms with Crippen LogP contribution >= 0.6 is 11.8 Å². The Labute approximate surface area is 183 Å². The molecule has 0 aromatic heterocycles. The summed E-state index contributed by atoms with van der Waals surface area (Å²) in [6, 6.07) is 9.24. The first-order valence-corrected chi connectivity index (χ1v) is 10.3. The maximum absolute atomic E-state index is 12.9. The Morgan fingerprint density at radius 1 is 1.19 bits per heavy atom. The molecule has 3 rings (SSSR count). The maximum Gasteiger partial charge on any atom is 0.344 e. The second-order valence-corrected chi connectivity index (χ2v) is 7.72. The fourth-order valence-corrected chi connectivity index (χ4v) is 3.77. The summed E-state index contributed by atoms with van der Waals surface area (Å²) in [5.41, 5.74) is 1.59. The number of thioether (sulfide) groups is 1. The lowest BCUT2D eigenvalue weighted by Crippen LogP contribution is -2.28. The highest BCUT2D eigenvalue weighted by Crippen LogP contribution is 2.38. The third-order valence-electron chi connectivity index (χ3n) is 4.43. The number of imide groups is 1. The molecule has 2 aromatic rings. The largest absolute Gasteiger partial charge is 0.508 e. The van der Waals surface area contributed by atoms with Crippen LogP contribution in [0.25, 0.3) is 6.08 Å². The Hall–Kier alpha value is -3.46. The van der Waals surface area contributed by atoms with E-state index in [9.17, 15) is 19.5 Å². The molecular formula is C22H21NO7S.